The van der Waals surface area contributed by atoms with Gasteiger partial charge in [-0.3, -0.25) is 0 Å². The van der Waals surface area contributed by atoms with Crippen molar-refractivity contribution in [3.8, 4) is 17.2 Å². The molecule has 3 rings (SSSR count). The molecule has 0 aromatic heterocycles. The van der Waals surface area contributed by atoms with Gasteiger partial charge in [-0.1, -0.05) is 55.9 Å². The SMILES string of the molecule is Cc1ccc(Oc2cccc(OCCC3CCCCC3)c2)cc1. The van der Waals surface area contributed by atoms with Gasteiger partial charge in [0.2, 0.25) is 0 Å². The smallest absolute Gasteiger partial charge is 0.131 e. The van der Waals surface area contributed by atoms with E-state index in [9.17, 15) is 0 Å². The van der Waals surface area contributed by atoms with Gasteiger partial charge in [-0.05, 0) is 43.5 Å². The number of benzene rings is 2. The third-order valence-corrected chi connectivity index (χ3v) is 4.58. The lowest BCUT2D eigenvalue weighted by molar-refractivity contribution is 0.246. The number of hydrogen-bond acceptors (Lipinski definition) is 2. The Morgan fingerprint density at radius 2 is 1.61 bits per heavy atom. The zero-order valence-corrected chi connectivity index (χ0v) is 14.0. The molecule has 0 heterocycles. The third kappa shape index (κ3) is 5.02. The molecule has 23 heavy (non-hydrogen) atoms. The minimum Gasteiger partial charge on any atom is -0.493 e. The Bertz CT molecular complexity index is 597. The van der Waals surface area contributed by atoms with Gasteiger partial charge in [-0.25, -0.2) is 0 Å². The van der Waals surface area contributed by atoms with E-state index in [1.54, 1.807) is 0 Å². The molecule has 2 nitrogen and oxygen atoms in total. The van der Waals surface area contributed by atoms with Gasteiger partial charge in [0, 0.05) is 6.07 Å². The van der Waals surface area contributed by atoms with Crippen LogP contribution in [0.5, 0.6) is 17.2 Å². The molecule has 0 aliphatic heterocycles. The first kappa shape index (κ1) is 15.9. The Kier molecular flexibility index (Phi) is 5.57. The molecule has 2 aromatic rings. The summed E-state index contributed by atoms with van der Waals surface area (Å²) in [5.41, 5.74) is 1.23. The highest BCUT2D eigenvalue weighted by Crippen LogP contribution is 2.28. The molecule has 0 bridgehead atoms. The van der Waals surface area contributed by atoms with Gasteiger partial charge >= 0.3 is 0 Å². The van der Waals surface area contributed by atoms with Crippen LogP contribution in [-0.4, -0.2) is 6.61 Å². The van der Waals surface area contributed by atoms with Gasteiger partial charge in [-0.2, -0.15) is 0 Å². The molecule has 0 spiro atoms. The van der Waals surface area contributed by atoms with Gasteiger partial charge in [0.05, 0.1) is 6.61 Å². The lowest BCUT2D eigenvalue weighted by Crippen LogP contribution is -2.10. The molecule has 1 aliphatic carbocycles. The van der Waals surface area contributed by atoms with Crippen LogP contribution >= 0.6 is 0 Å². The normalized spacial score (nSPS) is 15.3. The summed E-state index contributed by atoms with van der Waals surface area (Å²) in [5.74, 6) is 3.43. The molecule has 122 valence electrons. The van der Waals surface area contributed by atoms with Crippen LogP contribution in [0.1, 0.15) is 44.1 Å². The van der Waals surface area contributed by atoms with Crippen molar-refractivity contribution in [3.05, 3.63) is 54.1 Å². The molecule has 0 unspecified atom stereocenters. The first-order chi connectivity index (χ1) is 11.3. The van der Waals surface area contributed by atoms with Crippen molar-refractivity contribution in [1.82, 2.24) is 0 Å². The molecule has 0 atom stereocenters. The van der Waals surface area contributed by atoms with Crippen molar-refractivity contribution >= 4 is 0 Å². The predicted octanol–water partition coefficient (Wildman–Crippen LogP) is 6.14. The summed E-state index contributed by atoms with van der Waals surface area (Å²) < 4.78 is 11.8. The minimum absolute atomic E-state index is 0.804. The van der Waals surface area contributed by atoms with Crippen molar-refractivity contribution in [3.63, 3.8) is 0 Å². The van der Waals surface area contributed by atoms with Crippen molar-refractivity contribution in [1.29, 1.82) is 0 Å². The Morgan fingerprint density at radius 1 is 0.870 bits per heavy atom. The van der Waals surface area contributed by atoms with Gasteiger partial charge in [-0.15, -0.1) is 0 Å². The van der Waals surface area contributed by atoms with Crippen LogP contribution in [-0.2, 0) is 0 Å². The van der Waals surface area contributed by atoms with E-state index in [-0.39, 0.29) is 0 Å². The molecule has 2 heteroatoms. The predicted molar refractivity (Wildman–Crippen MR) is 94.4 cm³/mol. The maximum Gasteiger partial charge on any atom is 0.131 e. The van der Waals surface area contributed by atoms with E-state index in [1.165, 1.54) is 44.1 Å². The number of hydrogen-bond donors (Lipinski definition) is 0. The van der Waals surface area contributed by atoms with Crippen LogP contribution in [0, 0.1) is 12.8 Å². The van der Waals surface area contributed by atoms with Gasteiger partial charge < -0.3 is 9.47 Å². The summed E-state index contributed by atoms with van der Waals surface area (Å²) in [6.07, 6.45) is 8.12. The summed E-state index contributed by atoms with van der Waals surface area (Å²) in [6.45, 7) is 2.88. The molecule has 1 aliphatic rings. The second-order valence-corrected chi connectivity index (χ2v) is 6.53. The molecule has 0 saturated heterocycles. The second kappa shape index (κ2) is 8.05. The fraction of sp³-hybridized carbons (Fsp3) is 0.429. The summed E-state index contributed by atoms with van der Waals surface area (Å²) >= 11 is 0. The quantitative estimate of drug-likeness (QED) is 0.638. The number of ether oxygens (including phenoxy) is 2. The lowest BCUT2D eigenvalue weighted by atomic mass is 9.87. The molecule has 0 amide bonds. The van der Waals surface area contributed by atoms with Crippen LogP contribution in [0.25, 0.3) is 0 Å². The number of rotatable bonds is 6. The molecule has 0 N–H and O–H groups in total. The Hall–Kier alpha value is -1.96. The maximum atomic E-state index is 5.93. The standard InChI is InChI=1S/C21H26O2/c1-17-10-12-19(13-11-17)23-21-9-5-8-20(16-21)22-15-14-18-6-3-2-4-7-18/h5,8-13,16,18H,2-4,6-7,14-15H2,1H3. The summed E-state index contributed by atoms with van der Waals surface area (Å²) in [4.78, 5) is 0. The van der Waals surface area contributed by atoms with E-state index in [1.807, 2.05) is 36.4 Å². The molecule has 1 saturated carbocycles. The third-order valence-electron chi connectivity index (χ3n) is 4.58. The summed E-state index contributed by atoms with van der Waals surface area (Å²) in [7, 11) is 0. The van der Waals surface area contributed by atoms with Crippen LogP contribution in [0.4, 0.5) is 0 Å². The van der Waals surface area contributed by atoms with Crippen LogP contribution in [0.2, 0.25) is 0 Å². The van der Waals surface area contributed by atoms with Crippen molar-refractivity contribution < 1.29 is 9.47 Å². The minimum atomic E-state index is 0.804. The molecular formula is C21H26O2. The highest BCUT2D eigenvalue weighted by Gasteiger charge is 2.13. The lowest BCUT2D eigenvalue weighted by Gasteiger charge is -2.21. The van der Waals surface area contributed by atoms with Gasteiger partial charge in [0.15, 0.2) is 0 Å². The molecule has 1 fully saturated rings. The maximum absolute atomic E-state index is 5.93. The average molecular weight is 310 g/mol. The first-order valence-corrected chi connectivity index (χ1v) is 8.77. The van der Waals surface area contributed by atoms with Crippen LogP contribution < -0.4 is 9.47 Å². The van der Waals surface area contributed by atoms with Crippen molar-refractivity contribution in [2.75, 3.05) is 6.61 Å². The Balaban J connectivity index is 1.51. The highest BCUT2D eigenvalue weighted by molar-refractivity contribution is 5.37. The van der Waals surface area contributed by atoms with E-state index in [0.717, 1.165) is 29.8 Å². The molecule has 2 aromatic carbocycles. The van der Waals surface area contributed by atoms with E-state index < -0.39 is 0 Å². The largest absolute Gasteiger partial charge is 0.493 e. The number of aryl methyl sites for hydroxylation is 1. The van der Waals surface area contributed by atoms with Crippen LogP contribution in [0.15, 0.2) is 48.5 Å². The van der Waals surface area contributed by atoms with Crippen LogP contribution in [0.3, 0.4) is 0 Å². The van der Waals surface area contributed by atoms with E-state index in [0.29, 0.717) is 0 Å². The zero-order chi connectivity index (χ0) is 15.9. The van der Waals surface area contributed by atoms with Crippen molar-refractivity contribution in [2.45, 2.75) is 45.4 Å². The Morgan fingerprint density at radius 3 is 2.39 bits per heavy atom. The first-order valence-electron chi connectivity index (χ1n) is 8.77. The molecule has 0 radical (unpaired) electrons. The average Bonchev–Trinajstić information content (AvgIpc) is 2.58. The highest BCUT2D eigenvalue weighted by atomic mass is 16.5. The second-order valence-electron chi connectivity index (χ2n) is 6.53. The van der Waals surface area contributed by atoms with Crippen molar-refractivity contribution in [2.24, 2.45) is 5.92 Å². The van der Waals surface area contributed by atoms with Gasteiger partial charge in [0.25, 0.3) is 0 Å². The monoisotopic (exact) mass is 310 g/mol. The summed E-state index contributed by atoms with van der Waals surface area (Å²) in [5, 5.41) is 0. The Labute approximate surface area is 139 Å². The fourth-order valence-electron chi connectivity index (χ4n) is 3.19. The zero-order valence-electron chi connectivity index (χ0n) is 14.0. The fourth-order valence-corrected chi connectivity index (χ4v) is 3.19. The van der Waals surface area contributed by atoms with E-state index in [2.05, 4.69) is 19.1 Å². The van der Waals surface area contributed by atoms with Gasteiger partial charge in [0.1, 0.15) is 17.2 Å². The summed E-state index contributed by atoms with van der Waals surface area (Å²) in [6, 6.07) is 16.0. The van der Waals surface area contributed by atoms with E-state index >= 15 is 0 Å². The topological polar surface area (TPSA) is 18.5 Å². The van der Waals surface area contributed by atoms with E-state index in [4.69, 9.17) is 9.47 Å². The molecular weight excluding hydrogens is 284 g/mol.